The largest absolute Gasteiger partial charge is 0.493 e. The van der Waals surface area contributed by atoms with Gasteiger partial charge in [-0.25, -0.2) is 0 Å². The van der Waals surface area contributed by atoms with Crippen molar-refractivity contribution in [3.8, 4) is 11.5 Å². The molecule has 4 aliphatic rings. The van der Waals surface area contributed by atoms with E-state index in [1.807, 2.05) is 36.4 Å². The number of para-hydroxylation sites is 1. The van der Waals surface area contributed by atoms with Crippen molar-refractivity contribution in [3.63, 3.8) is 0 Å². The summed E-state index contributed by atoms with van der Waals surface area (Å²) in [4.78, 5) is 4.96. The third-order valence-corrected chi connectivity index (χ3v) is 8.47. The van der Waals surface area contributed by atoms with Crippen LogP contribution in [0, 0.1) is 0 Å². The minimum atomic E-state index is -4.33. The Labute approximate surface area is 188 Å². The van der Waals surface area contributed by atoms with E-state index < -0.39 is 35.9 Å². The summed E-state index contributed by atoms with van der Waals surface area (Å²) in [6.45, 7) is -0.779. The summed E-state index contributed by atoms with van der Waals surface area (Å²) in [6, 6.07) is 10.9. The van der Waals surface area contributed by atoms with Crippen LogP contribution in [0.2, 0.25) is 0 Å². The van der Waals surface area contributed by atoms with Gasteiger partial charge in [0.05, 0.1) is 30.4 Å². The van der Waals surface area contributed by atoms with Gasteiger partial charge in [0, 0.05) is 35.5 Å². The molecule has 0 saturated carbocycles. The highest BCUT2D eigenvalue weighted by Gasteiger charge is 2.73. The fourth-order valence-corrected chi connectivity index (χ4v) is 7.29. The van der Waals surface area contributed by atoms with Gasteiger partial charge < -0.3 is 19.6 Å². The van der Waals surface area contributed by atoms with Crippen LogP contribution < -0.4 is 9.47 Å². The minimum Gasteiger partial charge on any atom is -0.493 e. The molecule has 1 saturated heterocycles. The second-order valence-corrected chi connectivity index (χ2v) is 9.82. The standard InChI is InChI=1S/C25H23F3N2O3/c1-32-17-7-6-13-10-18-24(31)11-15-14-4-2-3-5-16(14)29-20(15)22-23(24,19(13)21(17)33-22)8-9-30(18)12-25(26,27)28/h2-7,18,22,29,31H,8-12H2,1H3/t18-,22+,23+,24-/m1/s1. The van der Waals surface area contributed by atoms with Crippen LogP contribution in [-0.4, -0.2) is 53.0 Å². The highest BCUT2D eigenvalue weighted by molar-refractivity contribution is 5.86. The molecule has 0 radical (unpaired) electrons. The van der Waals surface area contributed by atoms with Crippen molar-refractivity contribution in [1.82, 2.24) is 9.88 Å². The predicted octanol–water partition coefficient (Wildman–Crippen LogP) is 4.03. The van der Waals surface area contributed by atoms with Gasteiger partial charge in [0.1, 0.15) is 0 Å². The first-order valence-corrected chi connectivity index (χ1v) is 11.3. The van der Waals surface area contributed by atoms with Gasteiger partial charge in [0.25, 0.3) is 0 Å². The molecule has 2 N–H and O–H groups in total. The Morgan fingerprint density at radius 1 is 1.24 bits per heavy atom. The van der Waals surface area contributed by atoms with E-state index in [1.54, 1.807) is 7.11 Å². The van der Waals surface area contributed by atoms with Gasteiger partial charge in [-0.2, -0.15) is 13.2 Å². The second kappa shape index (κ2) is 6.04. The number of fused-ring (bicyclic) bond motifs is 4. The van der Waals surface area contributed by atoms with Crippen molar-refractivity contribution in [1.29, 1.82) is 0 Å². The summed E-state index contributed by atoms with van der Waals surface area (Å²) < 4.78 is 52.8. The van der Waals surface area contributed by atoms with Crippen LogP contribution in [0.15, 0.2) is 36.4 Å². The van der Waals surface area contributed by atoms with Gasteiger partial charge in [-0.05, 0) is 36.1 Å². The topological polar surface area (TPSA) is 57.7 Å². The Kier molecular flexibility index (Phi) is 3.61. The molecule has 0 amide bonds. The molecule has 2 aliphatic carbocycles. The van der Waals surface area contributed by atoms with E-state index in [1.165, 1.54) is 4.90 Å². The number of alkyl halides is 3. The summed E-state index contributed by atoms with van der Waals surface area (Å²) in [6.07, 6.45) is -3.85. The van der Waals surface area contributed by atoms with Crippen LogP contribution in [0.4, 0.5) is 13.2 Å². The molecule has 33 heavy (non-hydrogen) atoms. The van der Waals surface area contributed by atoms with Gasteiger partial charge in [-0.1, -0.05) is 24.3 Å². The monoisotopic (exact) mass is 456 g/mol. The SMILES string of the molecule is COc1ccc2c3c1O[C@H]1c4[nH]c5ccccc5c4C[C@@]4(O)[C@@H](C2)N(CC(F)(F)F)CC[C@]314. The predicted molar refractivity (Wildman–Crippen MR) is 115 cm³/mol. The Hall–Kier alpha value is -2.71. The maximum atomic E-state index is 13.5. The third-order valence-electron chi connectivity index (χ3n) is 8.47. The summed E-state index contributed by atoms with van der Waals surface area (Å²) in [5, 5.41) is 13.5. The number of benzene rings is 2. The van der Waals surface area contributed by atoms with Crippen molar-refractivity contribution in [2.24, 2.45) is 0 Å². The molecule has 2 bridgehead atoms. The van der Waals surface area contributed by atoms with E-state index in [-0.39, 0.29) is 13.0 Å². The number of aromatic amines is 1. The molecule has 5 nitrogen and oxygen atoms in total. The zero-order valence-electron chi connectivity index (χ0n) is 18.0. The molecule has 4 atom stereocenters. The number of halogens is 3. The summed E-state index contributed by atoms with van der Waals surface area (Å²) in [5.41, 5.74) is 2.41. The third kappa shape index (κ3) is 2.26. The Balaban J connectivity index is 1.52. The van der Waals surface area contributed by atoms with Crippen molar-refractivity contribution < 1.29 is 27.8 Å². The van der Waals surface area contributed by atoms with E-state index in [4.69, 9.17) is 9.47 Å². The molecule has 1 fully saturated rings. The Morgan fingerprint density at radius 2 is 2.06 bits per heavy atom. The lowest BCUT2D eigenvalue weighted by atomic mass is 9.49. The van der Waals surface area contributed by atoms with Crippen molar-refractivity contribution in [2.75, 3.05) is 20.2 Å². The second-order valence-electron chi connectivity index (χ2n) is 9.82. The van der Waals surface area contributed by atoms with E-state index in [9.17, 15) is 18.3 Å². The number of aliphatic hydroxyl groups is 1. The van der Waals surface area contributed by atoms with E-state index in [0.29, 0.717) is 24.3 Å². The lowest BCUT2D eigenvalue weighted by molar-refractivity contribution is -0.206. The van der Waals surface area contributed by atoms with Crippen molar-refractivity contribution >= 4 is 10.9 Å². The molecule has 3 aromatic rings. The fourth-order valence-electron chi connectivity index (χ4n) is 7.29. The molecule has 2 aliphatic heterocycles. The molecule has 2 aromatic carbocycles. The smallest absolute Gasteiger partial charge is 0.401 e. The van der Waals surface area contributed by atoms with Gasteiger partial charge in [-0.15, -0.1) is 0 Å². The number of likely N-dealkylation sites (tertiary alicyclic amines) is 1. The maximum absolute atomic E-state index is 13.5. The minimum absolute atomic E-state index is 0.248. The first-order valence-electron chi connectivity index (χ1n) is 11.3. The average molecular weight is 456 g/mol. The Bertz CT molecular complexity index is 1320. The number of hydrogen-bond acceptors (Lipinski definition) is 4. The van der Waals surface area contributed by atoms with Gasteiger partial charge in [0.2, 0.25) is 0 Å². The molecule has 7 rings (SSSR count). The van der Waals surface area contributed by atoms with E-state index in [2.05, 4.69) is 4.98 Å². The van der Waals surface area contributed by atoms with Gasteiger partial charge in [-0.3, -0.25) is 4.90 Å². The normalized spacial score (nSPS) is 31.8. The number of hydrogen-bond donors (Lipinski definition) is 2. The molecular formula is C25H23F3N2O3. The molecule has 0 unspecified atom stereocenters. The zero-order chi connectivity index (χ0) is 22.8. The molecule has 8 heteroatoms. The van der Waals surface area contributed by atoms with Crippen molar-refractivity contribution in [2.45, 2.75) is 48.6 Å². The van der Waals surface area contributed by atoms with Crippen LogP contribution in [0.1, 0.15) is 34.9 Å². The Morgan fingerprint density at radius 3 is 2.85 bits per heavy atom. The summed E-state index contributed by atoms with van der Waals surface area (Å²) >= 11 is 0. The average Bonchev–Trinajstić information content (AvgIpc) is 3.30. The lowest BCUT2D eigenvalue weighted by Crippen LogP contribution is -2.75. The quantitative estimate of drug-likeness (QED) is 0.612. The zero-order valence-corrected chi connectivity index (χ0v) is 18.0. The van der Waals surface area contributed by atoms with Crippen LogP contribution >= 0.6 is 0 Å². The number of H-pyrrole nitrogens is 1. The highest BCUT2D eigenvalue weighted by atomic mass is 19.4. The van der Waals surface area contributed by atoms with Gasteiger partial charge in [0.15, 0.2) is 17.6 Å². The van der Waals surface area contributed by atoms with Crippen molar-refractivity contribution in [3.05, 3.63) is 58.8 Å². The number of piperidine rings is 1. The molecule has 172 valence electrons. The van der Waals surface area contributed by atoms with Crippen LogP contribution in [-0.2, 0) is 18.3 Å². The lowest BCUT2D eigenvalue weighted by Gasteiger charge is -2.62. The molecule has 1 aromatic heterocycles. The van der Waals surface area contributed by atoms with Crippen LogP contribution in [0.5, 0.6) is 11.5 Å². The van der Waals surface area contributed by atoms with Crippen LogP contribution in [0.3, 0.4) is 0 Å². The number of rotatable bonds is 2. The van der Waals surface area contributed by atoms with Crippen LogP contribution in [0.25, 0.3) is 10.9 Å². The maximum Gasteiger partial charge on any atom is 0.401 e. The number of ether oxygens (including phenoxy) is 2. The summed E-state index contributed by atoms with van der Waals surface area (Å²) in [5.74, 6) is 1.21. The van der Waals surface area contributed by atoms with E-state index in [0.717, 1.165) is 33.3 Å². The molecule has 3 heterocycles. The summed E-state index contributed by atoms with van der Waals surface area (Å²) in [7, 11) is 1.58. The first-order chi connectivity index (χ1) is 15.8. The number of nitrogens with zero attached hydrogens (tertiary/aromatic N) is 1. The highest BCUT2D eigenvalue weighted by Crippen LogP contribution is 2.69. The fraction of sp³-hybridized carbons (Fsp3) is 0.440. The van der Waals surface area contributed by atoms with Gasteiger partial charge >= 0.3 is 6.18 Å². The first kappa shape index (κ1) is 19.7. The van der Waals surface area contributed by atoms with E-state index >= 15 is 0 Å². The molecular weight excluding hydrogens is 433 g/mol. The number of nitrogens with one attached hydrogen (secondary N) is 1. The molecule has 1 spiro atoms. The number of aromatic nitrogens is 1. The number of methoxy groups -OCH3 is 1.